The normalized spacial score (nSPS) is 18.7. The molecule has 1 saturated heterocycles. The van der Waals surface area contributed by atoms with E-state index in [2.05, 4.69) is 23.1 Å². The van der Waals surface area contributed by atoms with E-state index in [4.69, 9.17) is 0 Å². The summed E-state index contributed by atoms with van der Waals surface area (Å²) in [5.41, 5.74) is 2.86. The molecule has 0 bridgehead atoms. The molecule has 5 heteroatoms. The van der Waals surface area contributed by atoms with Crippen LogP contribution in [0.15, 0.2) is 24.4 Å². The fraction of sp³-hybridized carbons (Fsp3) is 0.467. The Kier molecular flexibility index (Phi) is 3.34. The lowest BCUT2D eigenvalue weighted by Gasteiger charge is -2.24. The number of aryl methyl sites for hydroxylation is 2. The monoisotopic (exact) mass is 272 g/mol. The molecule has 0 saturated carbocycles. The first kappa shape index (κ1) is 13.0. The number of nitrogens with zero attached hydrogens (tertiary/aromatic N) is 3. The smallest absolute Gasteiger partial charge is 0.270 e. The fourth-order valence-corrected chi connectivity index (χ4v) is 2.97. The minimum absolute atomic E-state index is 0.0963. The molecular formula is C15H20N4O. The zero-order valence-corrected chi connectivity index (χ0v) is 12.0. The molecule has 2 aromatic heterocycles. The molecule has 1 fully saturated rings. The van der Waals surface area contributed by atoms with Gasteiger partial charge in [-0.3, -0.25) is 9.48 Å². The van der Waals surface area contributed by atoms with Gasteiger partial charge >= 0.3 is 0 Å². The van der Waals surface area contributed by atoms with Gasteiger partial charge in [-0.2, -0.15) is 5.10 Å². The number of carbonyl (C=O) groups excluding carboxylic acids is 1. The molecule has 2 aromatic rings. The van der Waals surface area contributed by atoms with E-state index in [1.54, 1.807) is 6.20 Å². The van der Waals surface area contributed by atoms with Gasteiger partial charge in [0, 0.05) is 18.4 Å². The van der Waals surface area contributed by atoms with Crippen molar-refractivity contribution >= 4 is 5.91 Å². The second-order valence-corrected chi connectivity index (χ2v) is 5.49. The van der Waals surface area contributed by atoms with Gasteiger partial charge in [0.25, 0.3) is 5.91 Å². The number of aromatic amines is 1. The molecule has 0 unspecified atom stereocenters. The maximum absolute atomic E-state index is 12.5. The summed E-state index contributed by atoms with van der Waals surface area (Å²) in [5, 5.41) is 4.50. The van der Waals surface area contributed by atoms with Crippen LogP contribution in [0.25, 0.3) is 0 Å². The van der Waals surface area contributed by atoms with Gasteiger partial charge in [0.15, 0.2) is 0 Å². The van der Waals surface area contributed by atoms with Crippen LogP contribution in [0.5, 0.6) is 0 Å². The van der Waals surface area contributed by atoms with E-state index in [1.807, 2.05) is 28.6 Å². The Morgan fingerprint density at radius 2 is 2.35 bits per heavy atom. The van der Waals surface area contributed by atoms with Crippen molar-refractivity contribution in [3.8, 4) is 0 Å². The molecule has 5 nitrogen and oxygen atoms in total. The molecule has 1 atom stereocenters. The first-order valence-corrected chi connectivity index (χ1v) is 7.10. The molecule has 1 aliphatic rings. The predicted octanol–water partition coefficient (Wildman–Crippen LogP) is 2.13. The number of rotatable bonds is 3. The molecule has 0 spiro atoms. The topological polar surface area (TPSA) is 53.9 Å². The van der Waals surface area contributed by atoms with Crippen molar-refractivity contribution in [3.05, 3.63) is 41.5 Å². The van der Waals surface area contributed by atoms with Crippen LogP contribution in [0.2, 0.25) is 0 Å². The Bertz CT molecular complexity index is 599. The fourth-order valence-electron chi connectivity index (χ4n) is 2.97. The third-order valence-electron chi connectivity index (χ3n) is 3.95. The quantitative estimate of drug-likeness (QED) is 0.930. The number of nitrogens with one attached hydrogen (secondary N) is 1. The minimum Gasteiger partial charge on any atom is -0.357 e. The Hall–Kier alpha value is -2.04. The number of hydrogen-bond donors (Lipinski definition) is 1. The van der Waals surface area contributed by atoms with Gasteiger partial charge in [-0.1, -0.05) is 0 Å². The van der Waals surface area contributed by atoms with Crippen LogP contribution in [0.3, 0.4) is 0 Å². The van der Waals surface area contributed by atoms with Crippen LogP contribution in [-0.2, 0) is 6.54 Å². The van der Waals surface area contributed by atoms with Crippen LogP contribution in [0.1, 0.15) is 34.7 Å². The van der Waals surface area contributed by atoms with E-state index in [-0.39, 0.29) is 11.9 Å². The van der Waals surface area contributed by atoms with Gasteiger partial charge in [-0.05, 0) is 44.9 Å². The zero-order valence-electron chi connectivity index (χ0n) is 12.0. The van der Waals surface area contributed by atoms with E-state index < -0.39 is 0 Å². The van der Waals surface area contributed by atoms with Crippen molar-refractivity contribution in [2.24, 2.45) is 0 Å². The van der Waals surface area contributed by atoms with Gasteiger partial charge < -0.3 is 9.88 Å². The van der Waals surface area contributed by atoms with Crippen molar-refractivity contribution in [1.82, 2.24) is 19.7 Å². The molecule has 0 radical (unpaired) electrons. The predicted molar refractivity (Wildman–Crippen MR) is 76.6 cm³/mol. The average molecular weight is 272 g/mol. The molecule has 3 heterocycles. The highest BCUT2D eigenvalue weighted by atomic mass is 16.2. The zero-order chi connectivity index (χ0) is 14.1. The summed E-state index contributed by atoms with van der Waals surface area (Å²) in [6.07, 6.45) is 3.90. The van der Waals surface area contributed by atoms with E-state index >= 15 is 0 Å². The summed E-state index contributed by atoms with van der Waals surface area (Å²) >= 11 is 0. The second kappa shape index (κ2) is 5.15. The number of hydrogen-bond acceptors (Lipinski definition) is 2. The van der Waals surface area contributed by atoms with Gasteiger partial charge in [0.05, 0.1) is 18.3 Å². The number of likely N-dealkylation sites (tertiary alicyclic amines) is 1. The van der Waals surface area contributed by atoms with Gasteiger partial charge in [0.1, 0.15) is 5.69 Å². The van der Waals surface area contributed by atoms with E-state index in [0.29, 0.717) is 5.69 Å². The summed E-state index contributed by atoms with van der Waals surface area (Å²) in [4.78, 5) is 17.4. The van der Waals surface area contributed by atoms with E-state index in [0.717, 1.165) is 37.3 Å². The molecule has 1 amide bonds. The SMILES string of the molecule is Cc1cc(C)n(C[C@@H]2CCCN2C(=O)c2ccc[nH]2)n1. The standard InChI is InChI=1S/C15H20N4O/c1-11-9-12(2)19(17-11)10-13-5-4-8-18(13)15(20)14-6-3-7-16-14/h3,6-7,9,13,16H,4-5,8,10H2,1-2H3/t13-/m0/s1. The molecule has 3 rings (SSSR count). The molecular weight excluding hydrogens is 252 g/mol. The Morgan fingerprint density at radius 3 is 3.00 bits per heavy atom. The Labute approximate surface area is 118 Å². The molecule has 106 valence electrons. The third kappa shape index (κ3) is 2.35. The number of carbonyl (C=O) groups is 1. The first-order chi connectivity index (χ1) is 9.65. The molecule has 0 aromatic carbocycles. The minimum atomic E-state index is 0.0963. The molecule has 20 heavy (non-hydrogen) atoms. The highest BCUT2D eigenvalue weighted by Gasteiger charge is 2.30. The molecule has 1 N–H and O–H groups in total. The molecule has 0 aliphatic carbocycles. The maximum atomic E-state index is 12.5. The Morgan fingerprint density at radius 1 is 1.50 bits per heavy atom. The summed E-state index contributed by atoms with van der Waals surface area (Å²) in [5.74, 6) is 0.0963. The summed E-state index contributed by atoms with van der Waals surface area (Å²) in [7, 11) is 0. The van der Waals surface area contributed by atoms with Crippen LogP contribution in [0.4, 0.5) is 0 Å². The average Bonchev–Trinajstić information content (AvgIpc) is 3.12. The van der Waals surface area contributed by atoms with Crippen molar-refractivity contribution < 1.29 is 4.79 Å². The van der Waals surface area contributed by atoms with Crippen molar-refractivity contribution in [3.63, 3.8) is 0 Å². The van der Waals surface area contributed by atoms with E-state index in [1.165, 1.54) is 0 Å². The molecule has 1 aliphatic heterocycles. The summed E-state index contributed by atoms with van der Waals surface area (Å²) < 4.78 is 2.01. The van der Waals surface area contributed by atoms with Crippen molar-refractivity contribution in [1.29, 1.82) is 0 Å². The highest BCUT2D eigenvalue weighted by Crippen LogP contribution is 2.21. The maximum Gasteiger partial charge on any atom is 0.270 e. The lowest BCUT2D eigenvalue weighted by atomic mass is 10.2. The van der Waals surface area contributed by atoms with Crippen LogP contribution >= 0.6 is 0 Å². The lowest BCUT2D eigenvalue weighted by molar-refractivity contribution is 0.0716. The largest absolute Gasteiger partial charge is 0.357 e. The number of amides is 1. The Balaban J connectivity index is 1.76. The van der Waals surface area contributed by atoms with Crippen LogP contribution < -0.4 is 0 Å². The highest BCUT2D eigenvalue weighted by molar-refractivity contribution is 5.92. The van der Waals surface area contributed by atoms with Crippen LogP contribution in [-0.4, -0.2) is 38.2 Å². The third-order valence-corrected chi connectivity index (χ3v) is 3.95. The van der Waals surface area contributed by atoms with Gasteiger partial charge in [-0.25, -0.2) is 0 Å². The summed E-state index contributed by atoms with van der Waals surface area (Å²) in [6.45, 7) is 5.68. The van der Waals surface area contributed by atoms with E-state index in [9.17, 15) is 4.79 Å². The van der Waals surface area contributed by atoms with Gasteiger partial charge in [-0.15, -0.1) is 0 Å². The van der Waals surface area contributed by atoms with Gasteiger partial charge in [0.2, 0.25) is 0 Å². The summed E-state index contributed by atoms with van der Waals surface area (Å²) in [6, 6.07) is 6.01. The number of aromatic nitrogens is 3. The first-order valence-electron chi connectivity index (χ1n) is 7.10. The second-order valence-electron chi connectivity index (χ2n) is 5.49. The van der Waals surface area contributed by atoms with Crippen molar-refractivity contribution in [2.45, 2.75) is 39.3 Å². The number of H-pyrrole nitrogens is 1. The van der Waals surface area contributed by atoms with Crippen LogP contribution in [0, 0.1) is 13.8 Å². The van der Waals surface area contributed by atoms with Crippen molar-refractivity contribution in [2.75, 3.05) is 6.54 Å². The lowest BCUT2D eigenvalue weighted by Crippen LogP contribution is -2.38.